The van der Waals surface area contributed by atoms with Gasteiger partial charge < -0.3 is 18.9 Å². The van der Waals surface area contributed by atoms with Crippen LogP contribution < -0.4 is 18.9 Å². The van der Waals surface area contributed by atoms with Gasteiger partial charge in [0.25, 0.3) is 11.8 Å². The van der Waals surface area contributed by atoms with Gasteiger partial charge in [0.1, 0.15) is 6.61 Å². The molecule has 0 aromatic heterocycles. The third kappa shape index (κ3) is 4.24. The Morgan fingerprint density at radius 3 is 2.54 bits per heavy atom. The quantitative estimate of drug-likeness (QED) is 0.283. The first kappa shape index (κ1) is 22.3. The summed E-state index contributed by atoms with van der Waals surface area (Å²) in [6.45, 7) is 4.27. The minimum Gasteiger partial charge on any atom is -0.493 e. The zero-order valence-electron chi connectivity index (χ0n) is 19.2. The maximum absolute atomic E-state index is 13.6. The normalized spacial score (nSPS) is 15.2. The molecule has 0 atom stereocenters. The van der Waals surface area contributed by atoms with Gasteiger partial charge in [0.2, 0.25) is 6.79 Å². The lowest BCUT2D eigenvalue weighted by Gasteiger charge is -2.29. The molecule has 0 aliphatic carbocycles. The molecule has 2 heterocycles. The van der Waals surface area contributed by atoms with Gasteiger partial charge in [-0.05, 0) is 53.1 Å². The van der Waals surface area contributed by atoms with Gasteiger partial charge in [-0.25, -0.2) is 0 Å². The fraction of sp³-hybridized carbons (Fsp3) is 0.143. The maximum atomic E-state index is 13.6. The summed E-state index contributed by atoms with van der Waals surface area (Å²) in [6.07, 6.45) is 3.42. The lowest BCUT2D eigenvalue weighted by atomic mass is 9.91. The molecule has 3 aromatic rings. The van der Waals surface area contributed by atoms with E-state index in [1.807, 2.05) is 18.2 Å². The maximum Gasteiger partial charge on any atom is 0.261 e. The average Bonchev–Trinajstić information content (AvgIpc) is 3.36. The molecule has 0 fully saturated rings. The van der Waals surface area contributed by atoms with Crippen LogP contribution in [0.15, 0.2) is 73.3 Å². The van der Waals surface area contributed by atoms with Crippen LogP contribution in [0, 0.1) is 0 Å². The van der Waals surface area contributed by atoms with E-state index in [0.717, 1.165) is 11.1 Å². The number of fused-ring (bicyclic) bond motifs is 2. The highest BCUT2D eigenvalue weighted by molar-refractivity contribution is 6.33. The van der Waals surface area contributed by atoms with Crippen LogP contribution in [-0.2, 0) is 11.3 Å². The molecule has 7 heteroatoms. The number of imide groups is 1. The first-order chi connectivity index (χ1) is 17.1. The molecule has 0 spiro atoms. The number of benzene rings is 3. The summed E-state index contributed by atoms with van der Waals surface area (Å²) in [5.41, 5.74) is 2.98. The Kier molecular flexibility index (Phi) is 5.97. The Hall–Kier alpha value is -4.52. The van der Waals surface area contributed by atoms with E-state index in [2.05, 4.69) is 6.58 Å². The fourth-order valence-corrected chi connectivity index (χ4v) is 4.12. The molecule has 0 unspecified atom stereocenters. The summed E-state index contributed by atoms with van der Waals surface area (Å²) in [6, 6.07) is 17.9. The van der Waals surface area contributed by atoms with Gasteiger partial charge in [-0.2, -0.15) is 0 Å². The van der Waals surface area contributed by atoms with Gasteiger partial charge in [-0.15, -0.1) is 0 Å². The van der Waals surface area contributed by atoms with Crippen LogP contribution in [0.4, 0.5) is 0 Å². The van der Waals surface area contributed by atoms with Crippen molar-refractivity contribution >= 4 is 23.5 Å². The second kappa shape index (κ2) is 9.38. The number of hydrogen-bond acceptors (Lipinski definition) is 6. The monoisotopic (exact) mass is 469 g/mol. The minimum atomic E-state index is -0.377. The SMILES string of the molecule is C=CCOc1ccc(/C=C2/C(=O)N(Cc3ccc4c(c3)OCO4)C(=O)c3ccccc32)cc1OC. The summed E-state index contributed by atoms with van der Waals surface area (Å²) >= 11 is 0. The fourth-order valence-electron chi connectivity index (χ4n) is 4.12. The standard InChI is InChI=1S/C28H23NO6/c1-3-12-33-23-10-8-18(14-25(23)32-2)13-22-20-6-4-5-7-21(20)27(30)29(28(22)31)16-19-9-11-24-26(15-19)35-17-34-24/h3-11,13-15H,1,12,16-17H2,2H3/b22-13+. The summed E-state index contributed by atoms with van der Waals surface area (Å²) in [5.74, 6) is 1.63. The molecular weight excluding hydrogens is 446 g/mol. The van der Waals surface area contributed by atoms with Crippen molar-refractivity contribution in [3.63, 3.8) is 0 Å². The predicted molar refractivity (Wildman–Crippen MR) is 130 cm³/mol. The minimum absolute atomic E-state index is 0.109. The van der Waals surface area contributed by atoms with Crippen molar-refractivity contribution < 1.29 is 28.5 Å². The molecular formula is C28H23NO6. The number of ether oxygens (including phenoxy) is 4. The van der Waals surface area contributed by atoms with Crippen molar-refractivity contribution in [1.82, 2.24) is 4.90 Å². The van der Waals surface area contributed by atoms with Crippen LogP contribution in [0.1, 0.15) is 27.0 Å². The molecule has 2 aliphatic heterocycles. The number of amides is 2. The Morgan fingerprint density at radius 2 is 1.74 bits per heavy atom. The lowest BCUT2D eigenvalue weighted by Crippen LogP contribution is -2.41. The van der Waals surface area contributed by atoms with E-state index in [1.54, 1.807) is 61.7 Å². The van der Waals surface area contributed by atoms with Crippen LogP contribution in [0.2, 0.25) is 0 Å². The van der Waals surface area contributed by atoms with Gasteiger partial charge in [-0.1, -0.05) is 43.0 Å². The molecule has 2 aliphatic rings. The van der Waals surface area contributed by atoms with E-state index in [-0.39, 0.29) is 25.2 Å². The molecule has 0 radical (unpaired) electrons. The molecule has 5 rings (SSSR count). The van der Waals surface area contributed by atoms with Gasteiger partial charge in [0.15, 0.2) is 23.0 Å². The molecule has 0 saturated heterocycles. The van der Waals surface area contributed by atoms with Crippen LogP contribution in [0.25, 0.3) is 11.6 Å². The molecule has 7 nitrogen and oxygen atoms in total. The van der Waals surface area contributed by atoms with E-state index in [0.29, 0.717) is 46.3 Å². The van der Waals surface area contributed by atoms with Crippen molar-refractivity contribution in [2.24, 2.45) is 0 Å². The number of carbonyl (C=O) groups excluding carboxylic acids is 2. The highest BCUT2D eigenvalue weighted by atomic mass is 16.7. The zero-order valence-corrected chi connectivity index (χ0v) is 19.2. The van der Waals surface area contributed by atoms with Crippen LogP contribution in [0.5, 0.6) is 23.0 Å². The van der Waals surface area contributed by atoms with Crippen molar-refractivity contribution in [2.45, 2.75) is 6.54 Å². The number of rotatable bonds is 7. The van der Waals surface area contributed by atoms with Crippen molar-refractivity contribution in [3.8, 4) is 23.0 Å². The molecule has 2 amide bonds. The number of nitrogens with zero attached hydrogens (tertiary/aromatic N) is 1. The molecule has 3 aromatic carbocycles. The smallest absolute Gasteiger partial charge is 0.261 e. The molecule has 0 saturated carbocycles. The first-order valence-corrected chi connectivity index (χ1v) is 11.1. The second-order valence-corrected chi connectivity index (χ2v) is 8.00. The summed E-state index contributed by atoms with van der Waals surface area (Å²) in [7, 11) is 1.56. The first-order valence-electron chi connectivity index (χ1n) is 11.1. The third-order valence-corrected chi connectivity index (χ3v) is 5.80. The molecule has 0 bridgehead atoms. The van der Waals surface area contributed by atoms with Crippen LogP contribution in [-0.4, -0.2) is 37.2 Å². The average molecular weight is 469 g/mol. The second-order valence-electron chi connectivity index (χ2n) is 8.00. The van der Waals surface area contributed by atoms with Crippen molar-refractivity contribution in [3.05, 3.63) is 95.6 Å². The van der Waals surface area contributed by atoms with Gasteiger partial charge in [0, 0.05) is 11.1 Å². The number of methoxy groups -OCH3 is 1. The largest absolute Gasteiger partial charge is 0.493 e. The summed E-state index contributed by atoms with van der Waals surface area (Å²) in [5, 5.41) is 0. The van der Waals surface area contributed by atoms with Crippen LogP contribution in [0.3, 0.4) is 0 Å². The van der Waals surface area contributed by atoms with Crippen molar-refractivity contribution in [1.29, 1.82) is 0 Å². The topological polar surface area (TPSA) is 74.3 Å². The van der Waals surface area contributed by atoms with Gasteiger partial charge >= 0.3 is 0 Å². The number of hydrogen-bond donors (Lipinski definition) is 0. The summed E-state index contributed by atoms with van der Waals surface area (Å²) in [4.78, 5) is 28.2. The highest BCUT2D eigenvalue weighted by Crippen LogP contribution is 2.36. The molecule has 35 heavy (non-hydrogen) atoms. The van der Waals surface area contributed by atoms with E-state index in [9.17, 15) is 9.59 Å². The molecule has 176 valence electrons. The highest BCUT2D eigenvalue weighted by Gasteiger charge is 2.35. The lowest BCUT2D eigenvalue weighted by molar-refractivity contribution is -0.123. The van der Waals surface area contributed by atoms with E-state index in [1.165, 1.54) is 4.90 Å². The van der Waals surface area contributed by atoms with E-state index >= 15 is 0 Å². The van der Waals surface area contributed by atoms with Crippen molar-refractivity contribution in [2.75, 3.05) is 20.5 Å². The molecule has 0 N–H and O–H groups in total. The number of carbonyl (C=O) groups is 2. The third-order valence-electron chi connectivity index (χ3n) is 5.80. The van der Waals surface area contributed by atoms with Gasteiger partial charge in [-0.3, -0.25) is 14.5 Å². The Morgan fingerprint density at radius 1 is 0.943 bits per heavy atom. The Balaban J connectivity index is 1.52. The van der Waals surface area contributed by atoms with E-state index < -0.39 is 0 Å². The van der Waals surface area contributed by atoms with Crippen LogP contribution >= 0.6 is 0 Å². The predicted octanol–water partition coefficient (Wildman–Crippen LogP) is 4.71. The van der Waals surface area contributed by atoms with E-state index in [4.69, 9.17) is 18.9 Å². The Bertz CT molecular complexity index is 1360. The van der Waals surface area contributed by atoms with Gasteiger partial charge in [0.05, 0.1) is 13.7 Å². The Labute approximate surface area is 202 Å². The summed E-state index contributed by atoms with van der Waals surface area (Å²) < 4.78 is 21.9. The zero-order chi connectivity index (χ0) is 24.4.